The van der Waals surface area contributed by atoms with Crippen LogP contribution in [0.4, 0.5) is 0 Å². The van der Waals surface area contributed by atoms with Gasteiger partial charge in [0, 0.05) is 26.0 Å². The molecule has 1 atom stereocenters. The molecule has 6 nitrogen and oxygen atoms in total. The average molecular weight is 247 g/mol. The molecule has 3 aromatic rings. The van der Waals surface area contributed by atoms with Crippen LogP contribution in [0.3, 0.4) is 0 Å². The van der Waals surface area contributed by atoms with Gasteiger partial charge in [-0.2, -0.15) is 0 Å². The molecule has 0 aliphatic heterocycles. The Kier molecular flexibility index (Phi) is 2.40. The number of aromatic amines is 1. The minimum absolute atomic E-state index is 0. The van der Waals surface area contributed by atoms with Gasteiger partial charge < -0.3 is 18.7 Å². The number of rotatable bonds is 3. The first kappa shape index (κ1) is 10.6. The fourth-order valence-corrected chi connectivity index (χ4v) is 1.72. The van der Waals surface area contributed by atoms with Gasteiger partial charge >= 0.3 is 5.97 Å². The van der Waals surface area contributed by atoms with Gasteiger partial charge in [-0.15, -0.1) is 0 Å². The van der Waals surface area contributed by atoms with E-state index < -0.39 is 12.2 Å². The SMILES string of the molecule is CC(OC(=O)c1cc2occc2[nH]1)n1ccnc1.[HH]. The van der Waals surface area contributed by atoms with Gasteiger partial charge in [-0.05, 0) is 6.92 Å². The van der Waals surface area contributed by atoms with Crippen molar-refractivity contribution < 1.29 is 15.4 Å². The van der Waals surface area contributed by atoms with Crippen LogP contribution >= 0.6 is 0 Å². The topological polar surface area (TPSA) is 73.0 Å². The Labute approximate surface area is 104 Å². The van der Waals surface area contributed by atoms with Crippen molar-refractivity contribution in [1.29, 1.82) is 0 Å². The highest BCUT2D eigenvalue weighted by molar-refractivity contribution is 5.93. The summed E-state index contributed by atoms with van der Waals surface area (Å²) in [5.41, 5.74) is 1.78. The zero-order valence-corrected chi connectivity index (χ0v) is 9.66. The number of aromatic nitrogens is 3. The third-order valence-electron chi connectivity index (χ3n) is 2.68. The number of hydrogen-bond acceptors (Lipinski definition) is 4. The van der Waals surface area contributed by atoms with E-state index in [1.807, 2.05) is 0 Å². The zero-order valence-electron chi connectivity index (χ0n) is 9.66. The maximum absolute atomic E-state index is 11.9. The van der Waals surface area contributed by atoms with Crippen LogP contribution in [0.1, 0.15) is 25.1 Å². The van der Waals surface area contributed by atoms with Gasteiger partial charge in [0.15, 0.2) is 11.8 Å². The van der Waals surface area contributed by atoms with Crippen molar-refractivity contribution >= 4 is 17.1 Å². The molecule has 3 heterocycles. The van der Waals surface area contributed by atoms with Crippen molar-refractivity contribution in [2.45, 2.75) is 13.2 Å². The molecule has 0 saturated heterocycles. The number of H-pyrrole nitrogens is 1. The highest BCUT2D eigenvalue weighted by Crippen LogP contribution is 2.18. The summed E-state index contributed by atoms with van der Waals surface area (Å²) in [6.45, 7) is 1.77. The molecule has 1 unspecified atom stereocenters. The normalized spacial score (nSPS) is 12.7. The van der Waals surface area contributed by atoms with Gasteiger partial charge in [-0.25, -0.2) is 9.78 Å². The van der Waals surface area contributed by atoms with E-state index in [2.05, 4.69) is 9.97 Å². The predicted octanol–water partition coefficient (Wildman–Crippen LogP) is 2.58. The number of ether oxygens (including phenoxy) is 1. The largest absolute Gasteiger partial charge is 0.463 e. The third kappa shape index (κ3) is 1.77. The average Bonchev–Trinajstić information content (AvgIpc) is 3.05. The van der Waals surface area contributed by atoms with Crippen LogP contribution in [0.25, 0.3) is 11.1 Å². The Hall–Kier alpha value is -2.50. The number of hydrogen-bond donors (Lipinski definition) is 1. The number of imidazole rings is 1. The first-order valence-corrected chi connectivity index (χ1v) is 5.48. The number of fused-ring (bicyclic) bond motifs is 1. The van der Waals surface area contributed by atoms with Crippen LogP contribution in [-0.2, 0) is 4.74 Å². The molecule has 0 aliphatic rings. The number of nitrogens with one attached hydrogen (secondary N) is 1. The maximum atomic E-state index is 11.9. The van der Waals surface area contributed by atoms with Crippen molar-refractivity contribution in [1.82, 2.24) is 14.5 Å². The van der Waals surface area contributed by atoms with Gasteiger partial charge in [0.2, 0.25) is 0 Å². The van der Waals surface area contributed by atoms with Gasteiger partial charge in [0.05, 0.1) is 18.1 Å². The molecule has 0 amide bonds. The lowest BCUT2D eigenvalue weighted by molar-refractivity contribution is 0.0151. The lowest BCUT2D eigenvalue weighted by atomic mass is 10.4. The number of carbonyl (C=O) groups excluding carboxylic acids is 1. The summed E-state index contributed by atoms with van der Waals surface area (Å²) < 4.78 is 12.2. The van der Waals surface area contributed by atoms with E-state index in [1.54, 1.807) is 48.6 Å². The standard InChI is InChI=1S/C12H11N3O3.H2/c1-8(15-4-3-13-7-15)18-12(16)10-6-11-9(14-10)2-5-17-11;/h2-8,14H,1H3;1H. The molecule has 0 saturated carbocycles. The van der Waals surface area contributed by atoms with Crippen LogP contribution in [0.5, 0.6) is 0 Å². The zero-order chi connectivity index (χ0) is 12.5. The molecule has 0 aliphatic carbocycles. The second-order valence-electron chi connectivity index (χ2n) is 3.90. The summed E-state index contributed by atoms with van der Waals surface area (Å²) in [6.07, 6.45) is 6.11. The Morgan fingerprint density at radius 3 is 3.28 bits per heavy atom. The fraction of sp³-hybridized carbons (Fsp3) is 0.167. The second-order valence-corrected chi connectivity index (χ2v) is 3.90. The molecular formula is C12H13N3O3. The summed E-state index contributed by atoms with van der Waals surface area (Å²) in [5.74, 6) is -0.428. The predicted molar refractivity (Wildman–Crippen MR) is 65.0 cm³/mol. The molecule has 0 aromatic carbocycles. The molecule has 0 radical (unpaired) electrons. The van der Waals surface area contributed by atoms with E-state index in [9.17, 15) is 4.79 Å². The van der Waals surface area contributed by atoms with Crippen molar-refractivity contribution in [2.75, 3.05) is 0 Å². The van der Waals surface area contributed by atoms with Crippen LogP contribution < -0.4 is 0 Å². The lowest BCUT2D eigenvalue weighted by Gasteiger charge is -2.13. The molecule has 94 valence electrons. The van der Waals surface area contributed by atoms with E-state index >= 15 is 0 Å². The summed E-state index contributed by atoms with van der Waals surface area (Å²) in [6, 6.07) is 3.38. The van der Waals surface area contributed by atoms with Crippen LogP contribution in [0, 0.1) is 0 Å². The Balaban J connectivity index is 0.00000133. The highest BCUT2D eigenvalue weighted by Gasteiger charge is 2.16. The van der Waals surface area contributed by atoms with Crippen molar-refractivity contribution in [3.05, 3.63) is 42.8 Å². The summed E-state index contributed by atoms with van der Waals surface area (Å²) in [4.78, 5) is 18.7. The van der Waals surface area contributed by atoms with Crippen LogP contribution in [-0.4, -0.2) is 20.5 Å². The lowest BCUT2D eigenvalue weighted by Crippen LogP contribution is -2.13. The molecule has 0 fully saturated rings. The molecule has 3 aromatic heterocycles. The van der Waals surface area contributed by atoms with E-state index in [-0.39, 0.29) is 1.43 Å². The highest BCUT2D eigenvalue weighted by atomic mass is 16.6. The molecule has 0 spiro atoms. The van der Waals surface area contributed by atoms with E-state index in [0.717, 1.165) is 5.52 Å². The van der Waals surface area contributed by atoms with E-state index in [4.69, 9.17) is 9.15 Å². The minimum atomic E-state index is -0.428. The molecule has 6 heteroatoms. The molecule has 1 N–H and O–H groups in total. The van der Waals surface area contributed by atoms with Gasteiger partial charge in [0.25, 0.3) is 0 Å². The molecular weight excluding hydrogens is 234 g/mol. The molecule has 0 bridgehead atoms. The first-order valence-electron chi connectivity index (χ1n) is 5.48. The molecule has 3 rings (SSSR count). The van der Waals surface area contributed by atoms with Gasteiger partial charge in [0.1, 0.15) is 5.69 Å². The number of carbonyl (C=O) groups is 1. The van der Waals surface area contributed by atoms with E-state index in [0.29, 0.717) is 11.3 Å². The van der Waals surface area contributed by atoms with Crippen LogP contribution in [0.15, 0.2) is 41.5 Å². The monoisotopic (exact) mass is 247 g/mol. The van der Waals surface area contributed by atoms with Crippen molar-refractivity contribution in [3.8, 4) is 0 Å². The number of furan rings is 1. The summed E-state index contributed by atoms with van der Waals surface area (Å²) in [5, 5.41) is 0. The van der Waals surface area contributed by atoms with Crippen molar-refractivity contribution in [2.24, 2.45) is 0 Å². The second kappa shape index (κ2) is 4.06. The third-order valence-corrected chi connectivity index (χ3v) is 2.68. The minimum Gasteiger partial charge on any atom is -0.463 e. The Morgan fingerprint density at radius 2 is 2.56 bits per heavy atom. The smallest absolute Gasteiger partial charge is 0.356 e. The first-order chi connectivity index (χ1) is 8.74. The summed E-state index contributed by atoms with van der Waals surface area (Å²) in [7, 11) is 0. The van der Waals surface area contributed by atoms with E-state index in [1.165, 1.54) is 0 Å². The van der Waals surface area contributed by atoms with Gasteiger partial charge in [-0.3, -0.25) is 0 Å². The fourth-order valence-electron chi connectivity index (χ4n) is 1.72. The Morgan fingerprint density at radius 1 is 1.67 bits per heavy atom. The number of esters is 1. The summed E-state index contributed by atoms with van der Waals surface area (Å²) >= 11 is 0. The Bertz CT molecular complexity index is 643. The number of nitrogens with zero attached hydrogens (tertiary/aromatic N) is 2. The quantitative estimate of drug-likeness (QED) is 0.722. The maximum Gasteiger partial charge on any atom is 0.356 e. The molecule has 18 heavy (non-hydrogen) atoms. The van der Waals surface area contributed by atoms with Crippen molar-refractivity contribution in [3.63, 3.8) is 0 Å². The van der Waals surface area contributed by atoms with Gasteiger partial charge in [-0.1, -0.05) is 0 Å². The van der Waals surface area contributed by atoms with Crippen LogP contribution in [0.2, 0.25) is 0 Å².